The lowest BCUT2D eigenvalue weighted by molar-refractivity contribution is -0.133. The number of piperazine rings is 1. The summed E-state index contributed by atoms with van der Waals surface area (Å²) < 4.78 is 18.3. The molecule has 2 aromatic heterocycles. The number of benzene rings is 1. The number of carbonyl (C=O) groups is 2. The molecule has 1 aromatic carbocycles. The van der Waals surface area contributed by atoms with E-state index in [-0.39, 0.29) is 31.1 Å². The molecule has 3 aromatic rings. The number of carbonyl (C=O) groups excluding carboxylic acids is 2. The van der Waals surface area contributed by atoms with E-state index in [1.807, 2.05) is 54.4 Å². The molecule has 4 heterocycles. The summed E-state index contributed by atoms with van der Waals surface area (Å²) in [6.45, 7) is 6.26. The molecule has 1 fully saturated rings. The highest BCUT2D eigenvalue weighted by molar-refractivity contribution is 5.78. The zero-order valence-corrected chi connectivity index (χ0v) is 19.4. The van der Waals surface area contributed by atoms with Crippen LogP contribution in [0.1, 0.15) is 36.2 Å². The molecule has 0 bridgehead atoms. The molecule has 2 aliphatic rings. The summed E-state index contributed by atoms with van der Waals surface area (Å²) in [5.41, 5.74) is 3.81. The van der Waals surface area contributed by atoms with Crippen LogP contribution in [0.25, 0.3) is 5.65 Å². The fourth-order valence-corrected chi connectivity index (χ4v) is 4.66. The van der Waals surface area contributed by atoms with Gasteiger partial charge in [-0.15, -0.1) is 0 Å². The van der Waals surface area contributed by atoms with Gasteiger partial charge in [0.1, 0.15) is 5.65 Å². The molecule has 2 aliphatic heterocycles. The second kappa shape index (κ2) is 9.24. The van der Waals surface area contributed by atoms with Gasteiger partial charge in [-0.1, -0.05) is 12.1 Å². The first kappa shape index (κ1) is 22.1. The molecule has 34 heavy (non-hydrogen) atoms. The van der Waals surface area contributed by atoms with Gasteiger partial charge in [0.25, 0.3) is 0 Å². The predicted octanol–water partition coefficient (Wildman–Crippen LogP) is 3.19. The molecule has 1 atom stereocenters. The Morgan fingerprint density at radius 1 is 1.06 bits per heavy atom. The third-order valence-electron chi connectivity index (χ3n) is 6.44. The summed E-state index contributed by atoms with van der Waals surface area (Å²) in [5.74, 6) is 1.21. The van der Waals surface area contributed by atoms with Gasteiger partial charge in [-0.2, -0.15) is 0 Å². The van der Waals surface area contributed by atoms with Gasteiger partial charge >= 0.3 is 6.09 Å². The number of hydrogen-bond donors (Lipinski definition) is 0. The Labute approximate surface area is 197 Å². The monoisotopic (exact) mass is 464 g/mol. The van der Waals surface area contributed by atoms with Crippen molar-refractivity contribution in [1.29, 1.82) is 0 Å². The molecule has 9 heteroatoms. The topological polar surface area (TPSA) is 85.6 Å². The van der Waals surface area contributed by atoms with Crippen LogP contribution in [0.4, 0.5) is 4.79 Å². The molecule has 0 saturated carbocycles. The third-order valence-corrected chi connectivity index (χ3v) is 6.44. The van der Waals surface area contributed by atoms with Gasteiger partial charge in [0, 0.05) is 50.4 Å². The molecular formula is C25H28N4O5. The Bertz CT molecular complexity index is 1220. The highest BCUT2D eigenvalue weighted by atomic mass is 16.7. The Hall–Kier alpha value is -3.75. The van der Waals surface area contributed by atoms with Crippen LogP contribution in [-0.2, 0) is 9.53 Å². The van der Waals surface area contributed by atoms with Crippen LogP contribution in [0.5, 0.6) is 11.5 Å². The second-order valence-corrected chi connectivity index (χ2v) is 8.48. The number of pyridine rings is 1. The number of aromatic nitrogens is 2. The van der Waals surface area contributed by atoms with Crippen LogP contribution in [0.15, 0.2) is 42.6 Å². The van der Waals surface area contributed by atoms with Crippen molar-refractivity contribution in [1.82, 2.24) is 19.2 Å². The molecule has 0 aliphatic carbocycles. The average molecular weight is 465 g/mol. The molecule has 9 nitrogen and oxygen atoms in total. The van der Waals surface area contributed by atoms with Crippen molar-refractivity contribution in [3.05, 3.63) is 59.5 Å². The quantitative estimate of drug-likeness (QED) is 0.577. The standard InChI is InChI=1S/C25H28N4O5/c1-3-32-25(31)28-11-9-27(10-12-28)24(30)14-19(18-7-8-21-22(13-18)34-16-33-21)20-15-26-23-6-4-5-17(2)29(20)23/h4-8,13,15,19H,3,9-12,14,16H2,1-2H3. The highest BCUT2D eigenvalue weighted by Gasteiger charge is 2.29. The van der Waals surface area contributed by atoms with Crippen molar-refractivity contribution in [2.75, 3.05) is 39.6 Å². The van der Waals surface area contributed by atoms with Crippen molar-refractivity contribution in [2.45, 2.75) is 26.2 Å². The van der Waals surface area contributed by atoms with Crippen molar-refractivity contribution in [3.63, 3.8) is 0 Å². The summed E-state index contributed by atoms with van der Waals surface area (Å²) in [7, 11) is 0. The van der Waals surface area contributed by atoms with Crippen LogP contribution in [-0.4, -0.2) is 70.8 Å². The summed E-state index contributed by atoms with van der Waals surface area (Å²) in [5, 5.41) is 0. The lowest BCUT2D eigenvalue weighted by Gasteiger charge is -2.34. The smallest absolute Gasteiger partial charge is 0.409 e. The number of hydrogen-bond acceptors (Lipinski definition) is 6. The zero-order valence-electron chi connectivity index (χ0n) is 19.4. The Balaban J connectivity index is 1.42. The van der Waals surface area contributed by atoms with E-state index >= 15 is 0 Å². The number of nitrogens with zero attached hydrogens (tertiary/aromatic N) is 4. The summed E-state index contributed by atoms with van der Waals surface area (Å²) in [6.07, 6.45) is 1.80. The Kier molecular flexibility index (Phi) is 6.00. The van der Waals surface area contributed by atoms with Crippen LogP contribution in [0.2, 0.25) is 0 Å². The van der Waals surface area contributed by atoms with Crippen LogP contribution >= 0.6 is 0 Å². The van der Waals surface area contributed by atoms with Crippen molar-refractivity contribution in [2.24, 2.45) is 0 Å². The van der Waals surface area contributed by atoms with Gasteiger partial charge in [-0.3, -0.25) is 4.79 Å². The van der Waals surface area contributed by atoms with Gasteiger partial charge in [-0.05, 0) is 43.7 Å². The molecule has 1 unspecified atom stereocenters. The molecule has 0 radical (unpaired) electrons. The molecule has 178 valence electrons. The number of rotatable bonds is 5. The number of fused-ring (bicyclic) bond motifs is 2. The van der Waals surface area contributed by atoms with Gasteiger partial charge < -0.3 is 28.4 Å². The SMILES string of the molecule is CCOC(=O)N1CCN(C(=O)CC(c2ccc3c(c2)OCO3)c2cnc3cccc(C)n23)CC1. The first-order valence-electron chi connectivity index (χ1n) is 11.6. The van der Waals surface area contributed by atoms with E-state index in [0.717, 1.165) is 22.6 Å². The maximum atomic E-state index is 13.4. The minimum Gasteiger partial charge on any atom is -0.454 e. The second-order valence-electron chi connectivity index (χ2n) is 8.48. The van der Waals surface area contributed by atoms with Crippen LogP contribution < -0.4 is 9.47 Å². The third kappa shape index (κ3) is 4.13. The largest absolute Gasteiger partial charge is 0.454 e. The van der Waals surface area contributed by atoms with E-state index in [1.54, 1.807) is 11.8 Å². The lowest BCUT2D eigenvalue weighted by Crippen LogP contribution is -2.51. The molecule has 0 N–H and O–H groups in total. The predicted molar refractivity (Wildman–Crippen MR) is 124 cm³/mol. The molecular weight excluding hydrogens is 436 g/mol. The van der Waals surface area contributed by atoms with Gasteiger partial charge in [0.15, 0.2) is 11.5 Å². The van der Waals surface area contributed by atoms with Crippen molar-refractivity contribution in [3.8, 4) is 11.5 Å². The van der Waals surface area contributed by atoms with Crippen molar-refractivity contribution >= 4 is 17.6 Å². The number of aryl methyl sites for hydroxylation is 1. The minimum atomic E-state index is -0.325. The van der Waals surface area contributed by atoms with Gasteiger partial charge in [-0.25, -0.2) is 9.78 Å². The van der Waals surface area contributed by atoms with E-state index in [1.165, 1.54) is 0 Å². The first-order chi connectivity index (χ1) is 16.5. The summed E-state index contributed by atoms with van der Waals surface area (Å²) >= 11 is 0. The van der Waals surface area contributed by atoms with E-state index in [0.29, 0.717) is 44.3 Å². The fraction of sp³-hybridized carbons (Fsp3) is 0.400. The van der Waals surface area contributed by atoms with Crippen LogP contribution in [0, 0.1) is 6.92 Å². The zero-order chi connectivity index (χ0) is 23.7. The van der Waals surface area contributed by atoms with Crippen LogP contribution in [0.3, 0.4) is 0 Å². The Morgan fingerprint density at radius 3 is 2.62 bits per heavy atom. The summed E-state index contributed by atoms with van der Waals surface area (Å²) in [4.78, 5) is 33.5. The van der Waals surface area contributed by atoms with Gasteiger partial charge in [0.05, 0.1) is 12.3 Å². The Morgan fingerprint density at radius 2 is 1.82 bits per heavy atom. The molecule has 1 saturated heterocycles. The molecule has 0 spiro atoms. The van der Waals surface area contributed by atoms with E-state index < -0.39 is 0 Å². The maximum absolute atomic E-state index is 13.4. The molecule has 5 rings (SSSR count). The van der Waals surface area contributed by atoms with E-state index in [4.69, 9.17) is 14.2 Å². The van der Waals surface area contributed by atoms with Crippen molar-refractivity contribution < 1.29 is 23.8 Å². The van der Waals surface area contributed by atoms with E-state index in [2.05, 4.69) is 9.38 Å². The number of amides is 2. The maximum Gasteiger partial charge on any atom is 0.409 e. The van der Waals surface area contributed by atoms with Gasteiger partial charge in [0.2, 0.25) is 12.7 Å². The normalized spacial score (nSPS) is 16.1. The first-order valence-corrected chi connectivity index (χ1v) is 11.6. The number of ether oxygens (including phenoxy) is 3. The number of imidazole rings is 1. The fourth-order valence-electron chi connectivity index (χ4n) is 4.66. The lowest BCUT2D eigenvalue weighted by atomic mass is 9.91. The highest BCUT2D eigenvalue weighted by Crippen LogP contribution is 2.38. The minimum absolute atomic E-state index is 0.0368. The average Bonchev–Trinajstić information content (AvgIpc) is 3.50. The summed E-state index contributed by atoms with van der Waals surface area (Å²) in [6, 6.07) is 11.8. The molecule has 2 amide bonds. The van der Waals surface area contributed by atoms with E-state index in [9.17, 15) is 9.59 Å².